The average molecular weight is 582 g/mol. The van der Waals surface area contributed by atoms with Crippen molar-refractivity contribution in [3.8, 4) is 5.75 Å². The quantitative estimate of drug-likeness (QED) is 0.345. The molecule has 3 aromatic rings. The van der Waals surface area contributed by atoms with Crippen molar-refractivity contribution in [2.24, 2.45) is 0 Å². The van der Waals surface area contributed by atoms with E-state index in [0.29, 0.717) is 30.8 Å². The summed E-state index contributed by atoms with van der Waals surface area (Å²) in [7, 11) is -1.95. The summed E-state index contributed by atoms with van der Waals surface area (Å²) in [6.07, 6.45) is 2.22. The van der Waals surface area contributed by atoms with Crippen molar-refractivity contribution in [2.45, 2.75) is 56.6 Å². The normalized spacial score (nSPS) is 14.4. The van der Waals surface area contributed by atoms with Gasteiger partial charge in [0.05, 0.1) is 12.0 Å². The predicted molar refractivity (Wildman–Crippen MR) is 154 cm³/mol. The Bertz CT molecular complexity index is 1440. The van der Waals surface area contributed by atoms with Crippen molar-refractivity contribution in [3.63, 3.8) is 0 Å². The van der Waals surface area contributed by atoms with Crippen LogP contribution in [0, 0.1) is 5.82 Å². The van der Waals surface area contributed by atoms with E-state index in [0.717, 1.165) is 24.0 Å². The number of benzene rings is 3. The van der Waals surface area contributed by atoms with Crippen molar-refractivity contribution >= 4 is 21.8 Å². The summed E-state index contributed by atoms with van der Waals surface area (Å²) in [5.74, 6) is -0.311. The van der Waals surface area contributed by atoms with Gasteiger partial charge in [-0.15, -0.1) is 0 Å². The van der Waals surface area contributed by atoms with Crippen LogP contribution < -0.4 is 10.1 Å². The molecule has 4 rings (SSSR count). The lowest BCUT2D eigenvalue weighted by Gasteiger charge is -2.29. The number of nitrogens with one attached hydrogen (secondary N) is 1. The van der Waals surface area contributed by atoms with Crippen LogP contribution in [-0.2, 0) is 39.1 Å². The van der Waals surface area contributed by atoms with Gasteiger partial charge in [-0.3, -0.25) is 9.59 Å². The van der Waals surface area contributed by atoms with Gasteiger partial charge < -0.3 is 15.0 Å². The van der Waals surface area contributed by atoms with Crippen molar-refractivity contribution in [1.29, 1.82) is 0 Å². The maximum Gasteiger partial charge on any atom is 0.243 e. The fourth-order valence-corrected chi connectivity index (χ4v) is 6.37. The van der Waals surface area contributed by atoms with Gasteiger partial charge in [-0.05, 0) is 67.6 Å². The fourth-order valence-electron chi connectivity index (χ4n) is 4.85. The highest BCUT2D eigenvalue weighted by molar-refractivity contribution is 7.89. The highest BCUT2D eigenvalue weighted by Crippen LogP contribution is 2.22. The molecule has 0 bridgehead atoms. The van der Waals surface area contributed by atoms with Crippen molar-refractivity contribution in [2.75, 3.05) is 20.2 Å². The molecule has 3 aromatic carbocycles. The SMILES string of the molecule is COc1ccccc1CNC(=O)C(C)N(Cc1ccc(F)cc1)C(=O)CCc1ccc(S(=O)(=O)N2CCCC2)cc1. The zero-order valence-corrected chi connectivity index (χ0v) is 24.2. The highest BCUT2D eigenvalue weighted by Gasteiger charge is 2.28. The van der Waals surface area contributed by atoms with Crippen LogP contribution in [-0.4, -0.2) is 55.7 Å². The zero-order valence-electron chi connectivity index (χ0n) is 23.4. The molecule has 1 heterocycles. The maximum atomic E-state index is 13.5. The van der Waals surface area contributed by atoms with Crippen LogP contribution in [0.25, 0.3) is 0 Å². The molecule has 0 aromatic heterocycles. The number of para-hydroxylation sites is 1. The second-order valence-corrected chi connectivity index (χ2v) is 12.0. The number of carbonyl (C=O) groups excluding carboxylic acids is 2. The van der Waals surface area contributed by atoms with E-state index in [-0.39, 0.29) is 42.0 Å². The molecule has 1 atom stereocenters. The lowest BCUT2D eigenvalue weighted by Crippen LogP contribution is -2.47. The van der Waals surface area contributed by atoms with E-state index < -0.39 is 16.1 Å². The minimum atomic E-state index is -3.51. The first-order valence-corrected chi connectivity index (χ1v) is 15.2. The molecular weight excluding hydrogens is 545 g/mol. The number of rotatable bonds is 12. The Balaban J connectivity index is 1.43. The van der Waals surface area contributed by atoms with Gasteiger partial charge in [0.25, 0.3) is 0 Å². The number of hydrogen-bond acceptors (Lipinski definition) is 5. The molecule has 10 heteroatoms. The van der Waals surface area contributed by atoms with E-state index in [9.17, 15) is 22.4 Å². The minimum absolute atomic E-state index is 0.115. The summed E-state index contributed by atoms with van der Waals surface area (Å²) in [6, 6.07) is 19.0. The summed E-state index contributed by atoms with van der Waals surface area (Å²) >= 11 is 0. The molecule has 8 nitrogen and oxygen atoms in total. The number of ether oxygens (including phenoxy) is 1. The number of carbonyl (C=O) groups is 2. The van der Waals surface area contributed by atoms with Gasteiger partial charge in [0.1, 0.15) is 17.6 Å². The molecule has 0 spiro atoms. The Morgan fingerprint density at radius 1 is 0.976 bits per heavy atom. The summed E-state index contributed by atoms with van der Waals surface area (Å²) in [5, 5.41) is 2.89. The number of methoxy groups -OCH3 is 1. The minimum Gasteiger partial charge on any atom is -0.496 e. The van der Waals surface area contributed by atoms with Gasteiger partial charge in [0.2, 0.25) is 21.8 Å². The third kappa shape index (κ3) is 7.71. The molecule has 41 heavy (non-hydrogen) atoms. The number of nitrogens with zero attached hydrogens (tertiary/aromatic N) is 2. The first-order valence-electron chi connectivity index (χ1n) is 13.7. The van der Waals surface area contributed by atoms with E-state index in [1.54, 1.807) is 50.4 Å². The molecule has 1 fully saturated rings. The molecule has 2 amide bonds. The van der Waals surface area contributed by atoms with Crippen molar-refractivity contribution in [3.05, 3.63) is 95.3 Å². The van der Waals surface area contributed by atoms with E-state index in [1.807, 2.05) is 24.3 Å². The number of aryl methyl sites for hydroxylation is 1. The summed E-state index contributed by atoms with van der Waals surface area (Å²) in [6.45, 7) is 3.10. The lowest BCUT2D eigenvalue weighted by molar-refractivity contribution is -0.140. The molecule has 1 saturated heterocycles. The molecule has 0 aliphatic carbocycles. The lowest BCUT2D eigenvalue weighted by atomic mass is 10.1. The molecule has 0 saturated carbocycles. The number of hydrogen-bond donors (Lipinski definition) is 1. The summed E-state index contributed by atoms with van der Waals surface area (Å²) in [4.78, 5) is 28.3. The Labute approximate surface area is 241 Å². The third-order valence-electron chi connectivity index (χ3n) is 7.33. The fraction of sp³-hybridized carbons (Fsp3) is 0.355. The average Bonchev–Trinajstić information content (AvgIpc) is 3.55. The molecule has 1 aliphatic rings. The van der Waals surface area contributed by atoms with E-state index in [1.165, 1.54) is 21.3 Å². The second-order valence-electron chi connectivity index (χ2n) is 10.1. The Hall–Kier alpha value is -3.76. The molecule has 218 valence electrons. The van der Waals surface area contributed by atoms with Crippen molar-refractivity contribution in [1.82, 2.24) is 14.5 Å². The third-order valence-corrected chi connectivity index (χ3v) is 9.25. The Morgan fingerprint density at radius 3 is 2.27 bits per heavy atom. The van der Waals surface area contributed by atoms with Gasteiger partial charge in [0.15, 0.2) is 0 Å². The summed E-state index contributed by atoms with van der Waals surface area (Å²) in [5.41, 5.74) is 2.32. The molecule has 1 N–H and O–H groups in total. The molecule has 0 radical (unpaired) electrons. The number of amides is 2. The molecular formula is C31H36FN3O5S. The Kier molecular flexibility index (Phi) is 10.1. The van der Waals surface area contributed by atoms with Crippen LogP contribution in [0.2, 0.25) is 0 Å². The van der Waals surface area contributed by atoms with E-state index in [4.69, 9.17) is 4.74 Å². The smallest absolute Gasteiger partial charge is 0.243 e. The van der Waals surface area contributed by atoms with E-state index in [2.05, 4.69) is 5.32 Å². The largest absolute Gasteiger partial charge is 0.496 e. The van der Waals surface area contributed by atoms with Crippen LogP contribution in [0.3, 0.4) is 0 Å². The van der Waals surface area contributed by atoms with Gasteiger partial charge in [0, 0.05) is 38.2 Å². The standard InChI is InChI=1S/C31H36FN3O5S/c1-23(31(37)33-21-26-7-3-4-8-29(26)40-2)35(22-25-9-14-27(32)15-10-25)30(36)18-13-24-11-16-28(17-12-24)41(38,39)34-19-5-6-20-34/h3-4,7-12,14-17,23H,5-6,13,18-22H2,1-2H3,(H,33,37). The number of halogens is 1. The van der Waals surface area contributed by atoms with E-state index >= 15 is 0 Å². The molecule has 1 unspecified atom stereocenters. The monoisotopic (exact) mass is 581 g/mol. The van der Waals surface area contributed by atoms with Crippen LogP contribution in [0.5, 0.6) is 5.75 Å². The summed E-state index contributed by atoms with van der Waals surface area (Å²) < 4.78 is 46.0. The topological polar surface area (TPSA) is 96.0 Å². The second kappa shape index (κ2) is 13.7. The predicted octanol–water partition coefficient (Wildman–Crippen LogP) is 4.29. The first kappa shape index (κ1) is 30.2. The zero-order chi connectivity index (χ0) is 29.4. The highest BCUT2D eigenvalue weighted by atomic mass is 32.2. The van der Waals surface area contributed by atoms with Crippen LogP contribution in [0.15, 0.2) is 77.7 Å². The van der Waals surface area contributed by atoms with Crippen LogP contribution in [0.4, 0.5) is 4.39 Å². The number of sulfonamides is 1. The Morgan fingerprint density at radius 2 is 1.61 bits per heavy atom. The maximum absolute atomic E-state index is 13.5. The van der Waals surface area contributed by atoms with Crippen molar-refractivity contribution < 1.29 is 27.1 Å². The van der Waals surface area contributed by atoms with Gasteiger partial charge in [-0.2, -0.15) is 4.31 Å². The van der Waals surface area contributed by atoms with Crippen LogP contribution in [0.1, 0.15) is 42.9 Å². The van der Waals surface area contributed by atoms with Gasteiger partial charge in [-0.1, -0.05) is 42.5 Å². The first-order chi connectivity index (χ1) is 19.7. The molecule has 1 aliphatic heterocycles. The van der Waals surface area contributed by atoms with Crippen LogP contribution >= 0.6 is 0 Å². The van der Waals surface area contributed by atoms with Gasteiger partial charge in [-0.25, -0.2) is 12.8 Å². The van der Waals surface area contributed by atoms with Gasteiger partial charge >= 0.3 is 0 Å².